The number of nitro benzene ring substituents is 1. The second-order valence-corrected chi connectivity index (χ2v) is 3.16. The molecule has 1 aromatic rings. The number of anilines is 1. The van der Waals surface area contributed by atoms with E-state index >= 15 is 0 Å². The highest BCUT2D eigenvalue weighted by Crippen LogP contribution is 2.27. The van der Waals surface area contributed by atoms with Gasteiger partial charge in [0.05, 0.1) is 4.92 Å². The zero-order chi connectivity index (χ0) is 12.3. The molecule has 16 heavy (non-hydrogen) atoms. The van der Waals surface area contributed by atoms with Crippen molar-refractivity contribution in [2.45, 2.75) is 13.0 Å². The van der Waals surface area contributed by atoms with Crippen LogP contribution in [0.15, 0.2) is 18.2 Å². The summed E-state index contributed by atoms with van der Waals surface area (Å²) < 4.78 is 13.2. The Morgan fingerprint density at radius 1 is 1.62 bits per heavy atom. The smallest absolute Gasteiger partial charge is 0.327 e. The first-order chi connectivity index (χ1) is 7.43. The van der Waals surface area contributed by atoms with Gasteiger partial charge in [-0.15, -0.1) is 0 Å². The van der Waals surface area contributed by atoms with Crippen molar-refractivity contribution < 1.29 is 14.1 Å². The van der Waals surface area contributed by atoms with Gasteiger partial charge in [-0.1, -0.05) is 6.07 Å². The number of nitrogens with one attached hydrogen (secondary N) is 1. The number of amides is 1. The van der Waals surface area contributed by atoms with E-state index in [1.165, 1.54) is 19.1 Å². The maximum Gasteiger partial charge on any atom is 0.327 e. The molecule has 1 amide bonds. The molecule has 0 aliphatic heterocycles. The topological polar surface area (TPSA) is 98.3 Å². The molecule has 7 heteroatoms. The van der Waals surface area contributed by atoms with Gasteiger partial charge in [-0.2, -0.15) is 4.39 Å². The van der Waals surface area contributed by atoms with Gasteiger partial charge in [0.2, 0.25) is 11.7 Å². The van der Waals surface area contributed by atoms with E-state index in [1.54, 1.807) is 0 Å². The summed E-state index contributed by atoms with van der Waals surface area (Å²) in [4.78, 5) is 20.5. The van der Waals surface area contributed by atoms with E-state index in [0.29, 0.717) is 0 Å². The number of para-hydroxylation sites is 1. The summed E-state index contributed by atoms with van der Waals surface area (Å²) in [6, 6.07) is 2.76. The van der Waals surface area contributed by atoms with Gasteiger partial charge < -0.3 is 11.1 Å². The third-order valence-electron chi connectivity index (χ3n) is 1.97. The lowest BCUT2D eigenvalue weighted by molar-refractivity contribution is -0.386. The van der Waals surface area contributed by atoms with Crippen LogP contribution in [-0.4, -0.2) is 16.9 Å². The van der Waals surface area contributed by atoms with Crippen LogP contribution in [-0.2, 0) is 4.79 Å². The lowest BCUT2D eigenvalue weighted by atomic mass is 10.2. The van der Waals surface area contributed by atoms with Crippen molar-refractivity contribution >= 4 is 17.3 Å². The molecule has 0 saturated heterocycles. The molecule has 1 atom stereocenters. The second kappa shape index (κ2) is 4.56. The normalized spacial score (nSPS) is 11.9. The molecule has 3 N–H and O–H groups in total. The summed E-state index contributed by atoms with van der Waals surface area (Å²) in [6.45, 7) is 1.43. The molecule has 86 valence electrons. The molecule has 0 saturated carbocycles. The van der Waals surface area contributed by atoms with Crippen molar-refractivity contribution in [3.05, 3.63) is 34.1 Å². The van der Waals surface area contributed by atoms with E-state index in [-0.39, 0.29) is 5.69 Å². The predicted octanol–water partition coefficient (Wildman–Crippen LogP) is 1.02. The highest BCUT2D eigenvalue weighted by molar-refractivity contribution is 5.83. The fourth-order valence-electron chi connectivity index (χ4n) is 1.12. The van der Waals surface area contributed by atoms with Crippen LogP contribution in [0, 0.1) is 15.9 Å². The quantitative estimate of drug-likeness (QED) is 0.592. The minimum absolute atomic E-state index is 0.0729. The number of nitrogens with two attached hydrogens (primary N) is 1. The monoisotopic (exact) mass is 227 g/mol. The number of hydrogen-bond donors (Lipinski definition) is 2. The van der Waals surface area contributed by atoms with Crippen molar-refractivity contribution in [1.82, 2.24) is 0 Å². The van der Waals surface area contributed by atoms with Crippen LogP contribution in [0.1, 0.15) is 6.92 Å². The number of nitro groups is 1. The first kappa shape index (κ1) is 11.9. The zero-order valence-corrected chi connectivity index (χ0v) is 8.44. The van der Waals surface area contributed by atoms with Gasteiger partial charge in [-0.3, -0.25) is 14.9 Å². The van der Waals surface area contributed by atoms with Crippen molar-refractivity contribution in [3.63, 3.8) is 0 Å². The summed E-state index contributed by atoms with van der Waals surface area (Å²) >= 11 is 0. The molecule has 0 heterocycles. The van der Waals surface area contributed by atoms with E-state index in [9.17, 15) is 19.3 Å². The minimum Gasteiger partial charge on any atom is -0.368 e. The van der Waals surface area contributed by atoms with Crippen LogP contribution in [0.2, 0.25) is 0 Å². The lowest BCUT2D eigenvalue weighted by Crippen LogP contribution is -2.32. The molecule has 1 rings (SSSR count). The maximum atomic E-state index is 13.2. The molecule has 0 aliphatic rings. The standard InChI is InChI=1S/C9H10FN3O3/c1-5(9(11)14)12-7-4-2-3-6(10)8(7)13(15)16/h2-5,12H,1H3,(H2,11,14). The van der Waals surface area contributed by atoms with E-state index < -0.39 is 28.4 Å². The number of nitrogens with zero attached hydrogens (tertiary/aromatic N) is 1. The average Bonchev–Trinajstić information content (AvgIpc) is 2.16. The molecule has 6 nitrogen and oxygen atoms in total. The molecule has 1 aromatic carbocycles. The molecule has 0 fully saturated rings. The number of carbonyl (C=O) groups is 1. The Bertz CT molecular complexity index is 436. The summed E-state index contributed by atoms with van der Waals surface area (Å²) in [6.07, 6.45) is 0. The Balaban J connectivity index is 3.09. The molecule has 1 unspecified atom stereocenters. The first-order valence-corrected chi connectivity index (χ1v) is 4.42. The SMILES string of the molecule is CC(Nc1cccc(F)c1[N+](=O)[O-])C(N)=O. The highest BCUT2D eigenvalue weighted by Gasteiger charge is 2.21. The summed E-state index contributed by atoms with van der Waals surface area (Å²) in [5, 5.41) is 13.1. The first-order valence-electron chi connectivity index (χ1n) is 4.42. The van der Waals surface area contributed by atoms with Gasteiger partial charge in [0.25, 0.3) is 0 Å². The van der Waals surface area contributed by atoms with Gasteiger partial charge in [0.1, 0.15) is 11.7 Å². The molecule has 0 radical (unpaired) electrons. The zero-order valence-electron chi connectivity index (χ0n) is 8.44. The van der Waals surface area contributed by atoms with Crippen molar-refractivity contribution in [1.29, 1.82) is 0 Å². The molecule has 0 aromatic heterocycles. The van der Waals surface area contributed by atoms with E-state index in [1.807, 2.05) is 0 Å². The average molecular weight is 227 g/mol. The van der Waals surface area contributed by atoms with E-state index in [4.69, 9.17) is 5.73 Å². The Hall–Kier alpha value is -2.18. The Morgan fingerprint density at radius 2 is 2.25 bits per heavy atom. The number of carbonyl (C=O) groups excluding carboxylic acids is 1. The molecular weight excluding hydrogens is 217 g/mol. The number of benzene rings is 1. The van der Waals surface area contributed by atoms with Crippen LogP contribution in [0.5, 0.6) is 0 Å². The second-order valence-electron chi connectivity index (χ2n) is 3.16. The lowest BCUT2D eigenvalue weighted by Gasteiger charge is -2.11. The van der Waals surface area contributed by atoms with Gasteiger partial charge >= 0.3 is 5.69 Å². The van der Waals surface area contributed by atoms with Crippen LogP contribution >= 0.6 is 0 Å². The Labute approximate surface area is 90.4 Å². The highest BCUT2D eigenvalue weighted by atomic mass is 19.1. The number of rotatable bonds is 4. The fourth-order valence-corrected chi connectivity index (χ4v) is 1.12. The van der Waals surface area contributed by atoms with E-state index in [0.717, 1.165) is 6.07 Å². The van der Waals surface area contributed by atoms with Crippen molar-refractivity contribution in [2.75, 3.05) is 5.32 Å². The Kier molecular flexibility index (Phi) is 3.39. The fraction of sp³-hybridized carbons (Fsp3) is 0.222. The van der Waals surface area contributed by atoms with Crippen LogP contribution in [0.25, 0.3) is 0 Å². The molecule has 0 aliphatic carbocycles. The molecular formula is C9H10FN3O3. The summed E-state index contributed by atoms with van der Waals surface area (Å²) in [5.74, 6) is -1.65. The van der Waals surface area contributed by atoms with E-state index in [2.05, 4.69) is 5.32 Å². The molecule has 0 bridgehead atoms. The van der Waals surface area contributed by atoms with Crippen molar-refractivity contribution in [3.8, 4) is 0 Å². The van der Waals surface area contributed by atoms with Gasteiger partial charge in [0.15, 0.2) is 0 Å². The van der Waals surface area contributed by atoms with Gasteiger partial charge in [-0.05, 0) is 19.1 Å². The summed E-state index contributed by atoms with van der Waals surface area (Å²) in [5.41, 5.74) is 4.21. The van der Waals surface area contributed by atoms with Gasteiger partial charge in [0, 0.05) is 0 Å². The van der Waals surface area contributed by atoms with Crippen LogP contribution in [0.3, 0.4) is 0 Å². The predicted molar refractivity (Wildman–Crippen MR) is 55.3 cm³/mol. The van der Waals surface area contributed by atoms with Crippen LogP contribution < -0.4 is 11.1 Å². The molecule has 0 spiro atoms. The van der Waals surface area contributed by atoms with Crippen LogP contribution in [0.4, 0.5) is 15.8 Å². The Morgan fingerprint density at radius 3 is 2.75 bits per heavy atom. The third kappa shape index (κ3) is 2.44. The summed E-state index contributed by atoms with van der Waals surface area (Å²) in [7, 11) is 0. The largest absolute Gasteiger partial charge is 0.368 e. The van der Waals surface area contributed by atoms with Gasteiger partial charge in [-0.25, -0.2) is 0 Å². The third-order valence-corrected chi connectivity index (χ3v) is 1.97. The number of primary amides is 1. The minimum atomic E-state index is -0.966. The van der Waals surface area contributed by atoms with Crippen molar-refractivity contribution in [2.24, 2.45) is 5.73 Å². The maximum absolute atomic E-state index is 13.2. The number of hydrogen-bond acceptors (Lipinski definition) is 4. The number of halogens is 1.